The Hall–Kier alpha value is 0.755. The van der Waals surface area contributed by atoms with E-state index in [2.05, 4.69) is 30.4 Å². The summed E-state index contributed by atoms with van der Waals surface area (Å²) in [7, 11) is 2.39. The first-order chi connectivity index (χ1) is 6.10. The summed E-state index contributed by atoms with van der Waals surface area (Å²) in [6.07, 6.45) is 10.7. The number of hydrogen-bond donors (Lipinski definition) is 1. The summed E-state index contributed by atoms with van der Waals surface area (Å²) in [5, 5.41) is 0. The summed E-state index contributed by atoms with van der Waals surface area (Å²) in [5.41, 5.74) is 6.01. The lowest BCUT2D eigenvalue weighted by molar-refractivity contribution is 0.458. The molecular weight excluding hydrogens is 272 g/mol. The van der Waals surface area contributed by atoms with E-state index < -0.39 is 0 Å². The van der Waals surface area contributed by atoms with E-state index in [9.17, 15) is 0 Å². The second-order valence-electron chi connectivity index (χ2n) is 4.66. The van der Waals surface area contributed by atoms with Crippen LogP contribution in [0.3, 0.4) is 0 Å². The van der Waals surface area contributed by atoms with E-state index >= 15 is 0 Å². The maximum absolute atomic E-state index is 6.01. The Morgan fingerprint density at radius 2 is 1.69 bits per heavy atom. The standard InChI is InChI=1S/C10H21BIN/c11-10(12)7-3-1-2-5-9(13)6-4-8-10/h9H,1-8,11,13H2. The minimum absolute atomic E-state index is 0.477. The second kappa shape index (κ2) is 5.59. The number of alkyl halides is 1. The molecule has 0 spiro atoms. The van der Waals surface area contributed by atoms with Crippen molar-refractivity contribution >= 4 is 30.4 Å². The van der Waals surface area contributed by atoms with Gasteiger partial charge in [-0.1, -0.05) is 48.3 Å². The van der Waals surface area contributed by atoms with Crippen molar-refractivity contribution in [2.75, 3.05) is 0 Å². The third kappa shape index (κ3) is 5.26. The highest BCUT2D eigenvalue weighted by Gasteiger charge is 2.20. The highest BCUT2D eigenvalue weighted by atomic mass is 127. The van der Waals surface area contributed by atoms with Crippen LogP contribution in [0.5, 0.6) is 0 Å². The van der Waals surface area contributed by atoms with E-state index in [4.69, 9.17) is 5.73 Å². The fourth-order valence-corrected chi connectivity index (χ4v) is 2.84. The van der Waals surface area contributed by atoms with Crippen LogP contribution in [0.2, 0.25) is 0 Å². The van der Waals surface area contributed by atoms with Crippen molar-refractivity contribution in [2.45, 2.75) is 60.7 Å². The Bertz CT molecular complexity index is 150. The first-order valence-electron chi connectivity index (χ1n) is 5.55. The average molecular weight is 293 g/mol. The molecule has 1 fully saturated rings. The Kier molecular flexibility index (Phi) is 5.09. The molecule has 0 amide bonds. The smallest absolute Gasteiger partial charge is 0.122 e. The molecule has 1 aliphatic carbocycles. The van der Waals surface area contributed by atoms with E-state index in [1.54, 1.807) is 0 Å². The van der Waals surface area contributed by atoms with Crippen molar-refractivity contribution in [3.05, 3.63) is 0 Å². The molecule has 2 unspecified atom stereocenters. The van der Waals surface area contributed by atoms with Gasteiger partial charge in [0.2, 0.25) is 0 Å². The van der Waals surface area contributed by atoms with Gasteiger partial charge >= 0.3 is 0 Å². The van der Waals surface area contributed by atoms with Gasteiger partial charge in [-0.3, -0.25) is 0 Å². The zero-order chi connectivity index (χ0) is 9.73. The quantitative estimate of drug-likeness (QED) is 0.413. The summed E-state index contributed by atoms with van der Waals surface area (Å²) in [5.74, 6) is 0. The fourth-order valence-electron chi connectivity index (χ4n) is 2.08. The van der Waals surface area contributed by atoms with Crippen LogP contribution in [-0.4, -0.2) is 17.2 Å². The van der Waals surface area contributed by atoms with Crippen molar-refractivity contribution < 1.29 is 0 Å². The van der Waals surface area contributed by atoms with Gasteiger partial charge in [-0.05, 0) is 29.0 Å². The summed E-state index contributed by atoms with van der Waals surface area (Å²) in [4.78, 5) is 0. The molecule has 13 heavy (non-hydrogen) atoms. The van der Waals surface area contributed by atoms with Crippen LogP contribution in [0.1, 0.15) is 51.4 Å². The van der Waals surface area contributed by atoms with E-state index in [1.165, 1.54) is 51.4 Å². The van der Waals surface area contributed by atoms with Crippen LogP contribution in [0.25, 0.3) is 0 Å². The summed E-state index contributed by atoms with van der Waals surface area (Å²) in [6.45, 7) is 0. The van der Waals surface area contributed by atoms with E-state index in [0.29, 0.717) is 9.36 Å². The molecule has 1 rings (SSSR count). The van der Waals surface area contributed by atoms with E-state index in [0.717, 1.165) is 0 Å². The molecule has 1 nitrogen and oxygen atoms in total. The summed E-state index contributed by atoms with van der Waals surface area (Å²) in [6, 6.07) is 0.477. The zero-order valence-electron chi connectivity index (χ0n) is 8.69. The van der Waals surface area contributed by atoms with Crippen LogP contribution in [-0.2, 0) is 0 Å². The molecule has 2 N–H and O–H groups in total. The predicted molar refractivity (Wildman–Crippen MR) is 70.2 cm³/mol. The van der Waals surface area contributed by atoms with Crippen molar-refractivity contribution in [2.24, 2.45) is 5.73 Å². The van der Waals surface area contributed by atoms with Crippen LogP contribution < -0.4 is 5.73 Å². The first-order valence-corrected chi connectivity index (χ1v) is 6.62. The Morgan fingerprint density at radius 3 is 2.46 bits per heavy atom. The molecular formula is C10H21BIN. The lowest BCUT2D eigenvalue weighted by atomic mass is 9.78. The Balaban J connectivity index is 2.35. The molecule has 76 valence electrons. The molecule has 2 atom stereocenters. The number of rotatable bonds is 0. The maximum atomic E-state index is 6.01. The van der Waals surface area contributed by atoms with Gasteiger partial charge in [0.05, 0.1) is 0 Å². The maximum Gasteiger partial charge on any atom is 0.122 e. The van der Waals surface area contributed by atoms with Crippen molar-refractivity contribution in [3.63, 3.8) is 0 Å². The van der Waals surface area contributed by atoms with E-state index in [-0.39, 0.29) is 0 Å². The van der Waals surface area contributed by atoms with Gasteiger partial charge in [-0.15, -0.1) is 0 Å². The van der Waals surface area contributed by atoms with Crippen molar-refractivity contribution in [3.8, 4) is 0 Å². The van der Waals surface area contributed by atoms with Gasteiger partial charge in [0.25, 0.3) is 0 Å². The largest absolute Gasteiger partial charge is 0.328 e. The summed E-state index contributed by atoms with van der Waals surface area (Å²) >= 11 is 2.63. The number of nitrogens with two attached hydrogens (primary N) is 1. The lowest BCUT2D eigenvalue weighted by Gasteiger charge is -2.25. The molecule has 0 heterocycles. The van der Waals surface area contributed by atoms with Crippen LogP contribution in [0.4, 0.5) is 0 Å². The molecule has 0 radical (unpaired) electrons. The molecule has 0 aliphatic heterocycles. The molecule has 0 bridgehead atoms. The van der Waals surface area contributed by atoms with Gasteiger partial charge < -0.3 is 5.73 Å². The highest BCUT2D eigenvalue weighted by molar-refractivity contribution is 14.1. The average Bonchev–Trinajstić information content (AvgIpc) is 2.02. The van der Waals surface area contributed by atoms with Crippen LogP contribution in [0.15, 0.2) is 0 Å². The molecule has 0 aromatic carbocycles. The highest BCUT2D eigenvalue weighted by Crippen LogP contribution is 2.29. The van der Waals surface area contributed by atoms with Crippen molar-refractivity contribution in [1.29, 1.82) is 0 Å². The zero-order valence-corrected chi connectivity index (χ0v) is 10.8. The van der Waals surface area contributed by atoms with Crippen LogP contribution >= 0.6 is 22.6 Å². The van der Waals surface area contributed by atoms with Gasteiger partial charge in [0, 0.05) is 6.04 Å². The molecule has 1 aliphatic rings. The number of halogens is 1. The molecule has 0 aromatic heterocycles. The van der Waals surface area contributed by atoms with Gasteiger partial charge in [0.1, 0.15) is 7.85 Å². The van der Waals surface area contributed by atoms with E-state index in [1.807, 2.05) is 0 Å². The molecule has 3 heteroatoms. The van der Waals surface area contributed by atoms with Crippen LogP contribution in [0, 0.1) is 0 Å². The fraction of sp³-hybridized carbons (Fsp3) is 1.00. The molecule has 0 saturated heterocycles. The minimum atomic E-state index is 0.477. The molecule has 1 saturated carbocycles. The third-order valence-electron chi connectivity index (χ3n) is 3.05. The normalized spacial score (nSPS) is 38.5. The Labute approximate surface area is 96.8 Å². The first kappa shape index (κ1) is 11.8. The second-order valence-corrected chi connectivity index (χ2v) is 7.27. The topological polar surface area (TPSA) is 26.0 Å². The van der Waals surface area contributed by atoms with Gasteiger partial charge in [-0.25, -0.2) is 0 Å². The van der Waals surface area contributed by atoms with Gasteiger partial charge in [0.15, 0.2) is 0 Å². The van der Waals surface area contributed by atoms with Crippen molar-refractivity contribution in [1.82, 2.24) is 0 Å². The lowest BCUT2D eigenvalue weighted by Crippen LogP contribution is -2.25. The molecule has 0 aromatic rings. The number of hydrogen-bond acceptors (Lipinski definition) is 1. The van der Waals surface area contributed by atoms with Gasteiger partial charge in [-0.2, -0.15) is 0 Å². The minimum Gasteiger partial charge on any atom is -0.328 e. The summed E-state index contributed by atoms with van der Waals surface area (Å²) < 4.78 is 0.537. The SMILES string of the molecule is BC1(I)CCCCCC(N)CCC1. The Morgan fingerprint density at radius 1 is 1.08 bits per heavy atom. The third-order valence-corrected chi connectivity index (χ3v) is 4.12. The monoisotopic (exact) mass is 293 g/mol. The predicted octanol–water partition coefficient (Wildman–Crippen LogP) is 2.21.